The summed E-state index contributed by atoms with van der Waals surface area (Å²) in [6.45, 7) is 4.52. The summed E-state index contributed by atoms with van der Waals surface area (Å²) in [4.78, 5) is 23.2. The van der Waals surface area contributed by atoms with Crippen LogP contribution >= 0.6 is 0 Å². The number of hydrogen-bond acceptors (Lipinski definition) is 3. The predicted octanol–water partition coefficient (Wildman–Crippen LogP) is 3.75. The van der Waals surface area contributed by atoms with Crippen LogP contribution in [0.1, 0.15) is 58.8 Å². The van der Waals surface area contributed by atoms with Gasteiger partial charge >= 0.3 is 5.97 Å². The van der Waals surface area contributed by atoms with E-state index in [1.54, 1.807) is 0 Å². The van der Waals surface area contributed by atoms with Gasteiger partial charge in [0.15, 0.2) is 5.78 Å². The topological polar surface area (TPSA) is 74.6 Å². The molecule has 0 aromatic carbocycles. The SMILES string of the molecule is C[C@]12CCC(=O)C=C1[C@H]1C[C@H]1[C@@H]1[C@@H]2C=C[C@@]2(C)[C@H]1CC[C@@]2(O)CCC(=O)O. The Morgan fingerprint density at radius 2 is 2.07 bits per heavy atom. The monoisotopic (exact) mass is 370 g/mol. The van der Waals surface area contributed by atoms with Crippen LogP contribution in [0.4, 0.5) is 0 Å². The maximum atomic E-state index is 12.1. The highest BCUT2D eigenvalue weighted by Gasteiger charge is 2.68. The number of aliphatic hydroxyl groups is 1. The van der Waals surface area contributed by atoms with Crippen molar-refractivity contribution >= 4 is 11.8 Å². The third kappa shape index (κ3) is 2.19. The third-order valence-corrected chi connectivity index (χ3v) is 9.26. The summed E-state index contributed by atoms with van der Waals surface area (Å²) in [6.07, 6.45) is 11.4. The number of ketones is 1. The van der Waals surface area contributed by atoms with Crippen LogP contribution in [0.3, 0.4) is 0 Å². The molecule has 0 bridgehead atoms. The molecule has 5 aliphatic rings. The molecule has 27 heavy (non-hydrogen) atoms. The minimum Gasteiger partial charge on any atom is -0.481 e. The molecule has 0 aliphatic heterocycles. The van der Waals surface area contributed by atoms with Crippen molar-refractivity contribution < 1.29 is 19.8 Å². The van der Waals surface area contributed by atoms with Crippen LogP contribution in [0.15, 0.2) is 23.8 Å². The molecule has 3 fully saturated rings. The van der Waals surface area contributed by atoms with E-state index in [1.165, 1.54) is 12.0 Å². The lowest BCUT2D eigenvalue weighted by atomic mass is 9.48. The second kappa shape index (κ2) is 5.34. The molecule has 0 heterocycles. The second-order valence-electron chi connectivity index (χ2n) is 10.3. The summed E-state index contributed by atoms with van der Waals surface area (Å²) in [5.74, 6) is 2.07. The van der Waals surface area contributed by atoms with Crippen LogP contribution in [-0.4, -0.2) is 27.6 Å². The number of aliphatic carboxylic acids is 1. The van der Waals surface area contributed by atoms with Crippen molar-refractivity contribution in [3.05, 3.63) is 23.8 Å². The number of fused-ring (bicyclic) bond motifs is 8. The van der Waals surface area contributed by atoms with E-state index in [-0.39, 0.29) is 17.3 Å². The molecule has 0 saturated heterocycles. The fourth-order valence-corrected chi connectivity index (χ4v) is 7.60. The molecule has 8 atom stereocenters. The van der Waals surface area contributed by atoms with Gasteiger partial charge in [0.25, 0.3) is 0 Å². The molecule has 5 aliphatic carbocycles. The van der Waals surface area contributed by atoms with Gasteiger partial charge in [-0.25, -0.2) is 0 Å². The standard InChI is InChI=1S/C23H30O4/c1-21-7-3-13(24)11-18(21)14-12-15(14)20-16(21)4-8-22(2)17(20)5-9-23(22,27)10-6-19(25)26/h4,8,11,14-17,20,27H,3,5-7,9-10,12H2,1-2H3,(H,25,26)/t14-,15+,16-,17-,20+,21+,22-,23+/m0/s1. The Balaban J connectivity index is 1.53. The largest absolute Gasteiger partial charge is 0.481 e. The van der Waals surface area contributed by atoms with Gasteiger partial charge in [0, 0.05) is 18.3 Å². The molecular formula is C23H30O4. The van der Waals surface area contributed by atoms with E-state index in [0.717, 1.165) is 12.8 Å². The summed E-state index contributed by atoms with van der Waals surface area (Å²) >= 11 is 0. The van der Waals surface area contributed by atoms with Crippen molar-refractivity contribution in [2.75, 3.05) is 0 Å². The third-order valence-electron chi connectivity index (χ3n) is 9.26. The molecule has 4 heteroatoms. The molecule has 4 nitrogen and oxygen atoms in total. The number of carbonyl (C=O) groups excluding carboxylic acids is 1. The Morgan fingerprint density at radius 3 is 2.81 bits per heavy atom. The van der Waals surface area contributed by atoms with Gasteiger partial charge in [-0.1, -0.05) is 31.6 Å². The zero-order chi connectivity index (χ0) is 19.2. The van der Waals surface area contributed by atoms with E-state index in [2.05, 4.69) is 26.0 Å². The highest BCUT2D eigenvalue weighted by molar-refractivity contribution is 5.92. The zero-order valence-electron chi connectivity index (χ0n) is 16.3. The number of rotatable bonds is 3. The number of carboxylic acids is 1. The average Bonchev–Trinajstić information content (AvgIpc) is 3.35. The van der Waals surface area contributed by atoms with Crippen molar-refractivity contribution in [3.8, 4) is 0 Å². The van der Waals surface area contributed by atoms with E-state index in [1.807, 2.05) is 6.08 Å². The van der Waals surface area contributed by atoms with Crippen LogP contribution < -0.4 is 0 Å². The number of carboxylic acid groups (broad SMARTS) is 1. The van der Waals surface area contributed by atoms with E-state index in [0.29, 0.717) is 54.6 Å². The fourth-order valence-electron chi connectivity index (χ4n) is 7.60. The van der Waals surface area contributed by atoms with Crippen molar-refractivity contribution in [1.29, 1.82) is 0 Å². The van der Waals surface area contributed by atoms with E-state index >= 15 is 0 Å². The van der Waals surface area contributed by atoms with Gasteiger partial charge in [0.05, 0.1) is 5.60 Å². The van der Waals surface area contributed by atoms with Crippen molar-refractivity contribution in [1.82, 2.24) is 0 Å². The summed E-state index contributed by atoms with van der Waals surface area (Å²) in [7, 11) is 0. The Morgan fingerprint density at radius 1 is 1.30 bits per heavy atom. The molecule has 146 valence electrons. The minimum absolute atomic E-state index is 0.0273. The van der Waals surface area contributed by atoms with Crippen LogP contribution in [0, 0.1) is 40.4 Å². The van der Waals surface area contributed by atoms with Crippen molar-refractivity contribution in [2.45, 2.75) is 64.4 Å². The van der Waals surface area contributed by atoms with Gasteiger partial charge in [-0.05, 0) is 73.2 Å². The normalized spacial score (nSPS) is 52.3. The molecule has 0 spiro atoms. The fraction of sp³-hybridized carbons (Fsp3) is 0.739. The lowest BCUT2D eigenvalue weighted by molar-refractivity contribution is -0.140. The summed E-state index contributed by atoms with van der Waals surface area (Å²) < 4.78 is 0. The maximum Gasteiger partial charge on any atom is 0.303 e. The van der Waals surface area contributed by atoms with E-state index in [4.69, 9.17) is 5.11 Å². The Kier molecular flexibility index (Phi) is 3.49. The first-order valence-electron chi connectivity index (χ1n) is 10.6. The summed E-state index contributed by atoms with van der Waals surface area (Å²) in [5.41, 5.74) is 0.230. The van der Waals surface area contributed by atoms with Crippen LogP contribution in [0.2, 0.25) is 0 Å². The Hall–Kier alpha value is -1.42. The predicted molar refractivity (Wildman–Crippen MR) is 101 cm³/mol. The highest BCUT2D eigenvalue weighted by atomic mass is 16.4. The molecule has 5 rings (SSSR count). The highest BCUT2D eigenvalue weighted by Crippen LogP contribution is 2.73. The van der Waals surface area contributed by atoms with Gasteiger partial charge in [0.2, 0.25) is 0 Å². The quantitative estimate of drug-likeness (QED) is 0.742. The number of carbonyl (C=O) groups is 2. The van der Waals surface area contributed by atoms with Crippen LogP contribution in [0.25, 0.3) is 0 Å². The maximum absolute atomic E-state index is 12.1. The molecule has 0 amide bonds. The summed E-state index contributed by atoms with van der Waals surface area (Å²) in [6, 6.07) is 0. The molecule has 2 N–H and O–H groups in total. The van der Waals surface area contributed by atoms with Gasteiger partial charge in [-0.15, -0.1) is 0 Å². The Labute approximate surface area is 160 Å². The van der Waals surface area contributed by atoms with Crippen molar-refractivity contribution in [3.63, 3.8) is 0 Å². The van der Waals surface area contributed by atoms with E-state index < -0.39 is 11.6 Å². The smallest absolute Gasteiger partial charge is 0.303 e. The summed E-state index contributed by atoms with van der Waals surface area (Å²) in [5, 5.41) is 20.6. The van der Waals surface area contributed by atoms with E-state index in [9.17, 15) is 14.7 Å². The first-order valence-corrected chi connectivity index (χ1v) is 10.6. The van der Waals surface area contributed by atoms with Gasteiger partial charge < -0.3 is 10.2 Å². The lowest BCUT2D eigenvalue weighted by Gasteiger charge is -2.56. The molecule has 0 aromatic rings. The van der Waals surface area contributed by atoms with Crippen molar-refractivity contribution in [2.24, 2.45) is 40.4 Å². The van der Waals surface area contributed by atoms with Gasteiger partial charge in [-0.3, -0.25) is 9.59 Å². The van der Waals surface area contributed by atoms with Gasteiger partial charge in [-0.2, -0.15) is 0 Å². The Bertz CT molecular complexity index is 781. The average molecular weight is 370 g/mol. The molecule has 0 radical (unpaired) electrons. The minimum atomic E-state index is -0.915. The first kappa shape index (κ1) is 17.7. The van der Waals surface area contributed by atoms with Crippen LogP contribution in [-0.2, 0) is 9.59 Å². The zero-order valence-corrected chi connectivity index (χ0v) is 16.3. The first-order chi connectivity index (χ1) is 12.7. The lowest BCUT2D eigenvalue weighted by Crippen LogP contribution is -2.53. The number of hydrogen-bond donors (Lipinski definition) is 2. The second-order valence-corrected chi connectivity index (χ2v) is 10.3. The molecule has 0 aromatic heterocycles. The van der Waals surface area contributed by atoms with Gasteiger partial charge in [0.1, 0.15) is 0 Å². The van der Waals surface area contributed by atoms with Crippen LogP contribution in [0.5, 0.6) is 0 Å². The molecule has 3 saturated carbocycles. The number of allylic oxidation sites excluding steroid dienone is 3. The molecular weight excluding hydrogens is 340 g/mol. The molecule has 0 unspecified atom stereocenters.